The van der Waals surface area contributed by atoms with Crippen molar-refractivity contribution in [3.05, 3.63) is 190 Å². The number of hydrogen-bond acceptors (Lipinski definition) is 30. The Kier molecular flexibility index (Phi) is 32.9. The summed E-state index contributed by atoms with van der Waals surface area (Å²) in [5.74, 6) is -5.36. The van der Waals surface area contributed by atoms with E-state index in [2.05, 4.69) is 10.0 Å². The maximum Gasteiger partial charge on any atom is 0.338 e. The number of carbonyl (C=O) groups excluding carboxylic acids is 5. The number of rotatable bonds is 37. The molecule has 5 heterocycles. The van der Waals surface area contributed by atoms with Crippen LogP contribution in [0.3, 0.4) is 0 Å². The molecule has 0 spiro atoms. The molecule has 604 valence electrons. The number of hydrogen-bond donors (Lipinski definition) is 0. The number of ether oxygens (including phenoxy) is 24. The topological polar surface area (TPSA) is 356 Å². The van der Waals surface area contributed by atoms with Crippen LogP contribution < -0.4 is 0 Å². The van der Waals surface area contributed by atoms with Crippen molar-refractivity contribution in [3.63, 3.8) is 0 Å². The van der Waals surface area contributed by atoms with E-state index in [1.165, 1.54) is 56.7 Å². The Hall–Kier alpha value is -8.00. The van der Waals surface area contributed by atoms with Crippen molar-refractivity contribution < 1.29 is 138 Å². The first-order valence-electron chi connectivity index (χ1n) is 36.3. The molecule has 0 amide bonds. The largest absolute Gasteiger partial charge is 0.463 e. The molecule has 0 bridgehead atoms. The van der Waals surface area contributed by atoms with Crippen molar-refractivity contribution in [2.45, 2.75) is 208 Å². The summed E-state index contributed by atoms with van der Waals surface area (Å²) in [6.45, 7) is 3.89. The summed E-state index contributed by atoms with van der Waals surface area (Å²) in [6, 6.07) is 44.9. The van der Waals surface area contributed by atoms with Gasteiger partial charge in [0.25, 0.3) is 0 Å². The van der Waals surface area contributed by atoms with Crippen LogP contribution >= 0.6 is 0 Å². The van der Waals surface area contributed by atoms with Crippen molar-refractivity contribution in [2.75, 3.05) is 69.6 Å². The van der Waals surface area contributed by atoms with Crippen LogP contribution in [0.5, 0.6) is 0 Å². The van der Waals surface area contributed by atoms with Gasteiger partial charge in [-0.2, -0.15) is 0 Å². The van der Waals surface area contributed by atoms with Crippen LogP contribution in [0.4, 0.5) is 0 Å². The van der Waals surface area contributed by atoms with Crippen LogP contribution in [0.25, 0.3) is 10.4 Å². The van der Waals surface area contributed by atoms with Gasteiger partial charge in [-0.15, -0.1) is 0 Å². The molecule has 5 aliphatic rings. The molecule has 0 aromatic heterocycles. The van der Waals surface area contributed by atoms with Gasteiger partial charge in [-0.3, -0.25) is 14.4 Å². The van der Waals surface area contributed by atoms with E-state index in [0.29, 0.717) is 11.1 Å². The zero-order valence-electron chi connectivity index (χ0n) is 63.7. The van der Waals surface area contributed by atoms with Crippen molar-refractivity contribution in [1.82, 2.24) is 0 Å². The normalized spacial score (nSPS) is 32.1. The summed E-state index contributed by atoms with van der Waals surface area (Å²) in [5, 5.41) is 3.98. The lowest BCUT2D eigenvalue weighted by molar-refractivity contribution is -0.388. The molecule has 32 nitrogen and oxygen atoms in total. The predicted octanol–water partition coefficient (Wildman–Crippen LogP) is 7.14. The minimum absolute atomic E-state index is 0.0634. The number of benzene rings is 5. The Balaban J connectivity index is 0.994. The zero-order chi connectivity index (χ0) is 78.9. The number of esters is 5. The lowest BCUT2D eigenvalue weighted by Crippen LogP contribution is -2.68. The van der Waals surface area contributed by atoms with Crippen LogP contribution in [0.1, 0.15) is 55.5 Å². The Labute approximate surface area is 643 Å². The molecule has 10 unspecified atom stereocenters. The first-order chi connectivity index (χ1) is 53.9. The molecule has 5 fully saturated rings. The number of azide groups is 1. The molecule has 0 radical (unpaired) electrons. The van der Waals surface area contributed by atoms with Gasteiger partial charge < -0.3 is 114 Å². The van der Waals surface area contributed by atoms with Crippen molar-refractivity contribution >= 4 is 29.8 Å². The average molecular weight is 1550 g/mol. The van der Waals surface area contributed by atoms with Crippen LogP contribution in [0.15, 0.2) is 157 Å². The van der Waals surface area contributed by atoms with E-state index < -0.39 is 190 Å². The quantitative estimate of drug-likeness (QED) is 0.0125. The van der Waals surface area contributed by atoms with Crippen LogP contribution in [-0.2, 0) is 171 Å². The van der Waals surface area contributed by atoms with Gasteiger partial charge in [-0.05, 0) is 33.3 Å². The van der Waals surface area contributed by atoms with Gasteiger partial charge in [0.15, 0.2) is 43.7 Å². The molecule has 10 rings (SSSR count). The van der Waals surface area contributed by atoms with E-state index in [4.69, 9.17) is 114 Å². The predicted molar refractivity (Wildman–Crippen MR) is 384 cm³/mol. The van der Waals surface area contributed by atoms with E-state index in [-0.39, 0.29) is 46.2 Å². The number of carbonyl (C=O) groups is 5. The lowest BCUT2D eigenvalue weighted by atomic mass is 9.90. The second kappa shape index (κ2) is 42.8. The third kappa shape index (κ3) is 22.5. The SMILES string of the molecule is COC1C(OC)[C@H](O[C@H]2O[C@@H](COC(C)=O)[C@@H](O[C@@H]3OC(C(=O)OCc4ccccc4)[C@@H](O[C@H]4OC(COC(C)=O)[C@@H](OC)[C@H](OC)C4N=[N+]=[N-])[C@H](OC)C3OC)C(OC(C)=O)C2C)[C@H](C(=O)OCc2ccccc2)O[C@H]1O[C@@H]1C(COCc2ccccc2)O[C@H](OC)C(OCc2ccccc2)[C@@H]1OCc1ccccc1. The fraction of sp³-hybridized carbons (Fsp3) is 0.557. The molecular weight excluding hydrogens is 1450 g/mol. The molecule has 0 N–H and O–H groups in total. The van der Waals surface area contributed by atoms with E-state index in [1.807, 2.05) is 97.1 Å². The van der Waals surface area contributed by atoms with Crippen molar-refractivity contribution in [2.24, 2.45) is 11.0 Å². The average Bonchev–Trinajstić information content (AvgIpc) is 0.758. The van der Waals surface area contributed by atoms with Crippen molar-refractivity contribution in [1.29, 1.82) is 0 Å². The molecule has 5 aromatic carbocycles. The second-order valence-corrected chi connectivity index (χ2v) is 26.8. The van der Waals surface area contributed by atoms with Gasteiger partial charge in [0, 0.05) is 81.4 Å². The summed E-state index contributed by atoms with van der Waals surface area (Å²) in [7, 11) is 9.54. The first kappa shape index (κ1) is 85.4. The van der Waals surface area contributed by atoms with Crippen LogP contribution in [0, 0.1) is 5.92 Å². The van der Waals surface area contributed by atoms with Gasteiger partial charge in [0.05, 0.1) is 32.5 Å². The summed E-state index contributed by atoms with van der Waals surface area (Å²) in [5.41, 5.74) is 13.7. The first-order valence-corrected chi connectivity index (χ1v) is 36.3. The van der Waals surface area contributed by atoms with E-state index in [0.717, 1.165) is 30.5 Å². The van der Waals surface area contributed by atoms with E-state index in [9.17, 15) is 24.7 Å². The maximum atomic E-state index is 15.3. The summed E-state index contributed by atoms with van der Waals surface area (Å²) >= 11 is 0. The van der Waals surface area contributed by atoms with Crippen LogP contribution in [0.2, 0.25) is 0 Å². The standard InChI is InChI=1S/C79H99N3O29/c1-45-58(102-48(4)85)60(106-78-71(93-10)64(91-8)67(69(111-78)74(87)101-41-53-35-25-16-26-36-53)109-76-57(81-82-80)62(89-6)59(88-5)55(104-76)43-96-46(2)83)56(44-97-47(3)84)103-75(45)108-66-63(90-7)70(92-9)79(110-68(66)73(86)100-40-52-33-23-15-24-34-52)107-61-54(42-95-37-49-27-17-12-18-28-49)105-77(94-11)72(99-39-51-31-21-14-22-32-51)65(61)98-38-50-29-19-13-20-30-50/h12-36,45,54-72,75-79H,37-44H2,1-11H3/t45?,54?,55?,56-,57?,58?,59+,60+,61+,62+,63?,64-,65+,66-,67-,68+,69?,70?,71?,72?,75+,76+,77-,78+,79+/m0/s1. The van der Waals surface area contributed by atoms with Gasteiger partial charge in [0.2, 0.25) is 0 Å². The monoisotopic (exact) mass is 1550 g/mol. The Morgan fingerprint density at radius 2 is 0.721 bits per heavy atom. The number of methoxy groups -OCH3 is 7. The molecule has 0 aliphatic carbocycles. The fourth-order valence-corrected chi connectivity index (χ4v) is 14.1. The highest BCUT2D eigenvalue weighted by atomic mass is 16.8. The Morgan fingerprint density at radius 3 is 1.14 bits per heavy atom. The number of nitrogens with zero attached hydrogens (tertiary/aromatic N) is 3. The third-order valence-electron chi connectivity index (χ3n) is 19.4. The van der Waals surface area contributed by atoms with E-state index in [1.54, 1.807) is 61.5 Å². The molecule has 111 heavy (non-hydrogen) atoms. The molecule has 32 heteroatoms. The fourth-order valence-electron chi connectivity index (χ4n) is 14.1. The summed E-state index contributed by atoms with van der Waals surface area (Å²) in [4.78, 5) is 72.2. The minimum Gasteiger partial charge on any atom is -0.463 e. The second-order valence-electron chi connectivity index (χ2n) is 26.8. The Morgan fingerprint density at radius 1 is 0.351 bits per heavy atom. The Bertz CT molecular complexity index is 3710. The summed E-state index contributed by atoms with van der Waals surface area (Å²) < 4.78 is 154. The molecule has 0 saturated carbocycles. The minimum atomic E-state index is -1.85. The van der Waals surface area contributed by atoms with Gasteiger partial charge in [-0.25, -0.2) is 9.59 Å². The van der Waals surface area contributed by atoms with Crippen molar-refractivity contribution in [3.8, 4) is 0 Å². The van der Waals surface area contributed by atoms with E-state index >= 15 is 4.79 Å². The highest BCUT2D eigenvalue weighted by molar-refractivity contribution is 5.76. The zero-order valence-corrected chi connectivity index (χ0v) is 63.7. The lowest BCUT2D eigenvalue weighted by Gasteiger charge is -2.51. The smallest absolute Gasteiger partial charge is 0.338 e. The van der Waals surface area contributed by atoms with Crippen LogP contribution in [-0.4, -0.2) is 247 Å². The van der Waals surface area contributed by atoms with Gasteiger partial charge >= 0.3 is 29.8 Å². The molecule has 5 aliphatic heterocycles. The highest BCUT2D eigenvalue weighted by Crippen LogP contribution is 2.42. The highest BCUT2D eigenvalue weighted by Gasteiger charge is 2.61. The van der Waals surface area contributed by atoms with Gasteiger partial charge in [0.1, 0.15) is 124 Å². The summed E-state index contributed by atoms with van der Waals surface area (Å²) in [6.07, 6.45) is -31.7. The molecule has 5 saturated heterocycles. The molecule has 25 atom stereocenters. The third-order valence-corrected chi connectivity index (χ3v) is 19.4. The van der Waals surface area contributed by atoms with Gasteiger partial charge in [-0.1, -0.05) is 164 Å². The molecular formula is C79H99N3O29. The maximum absolute atomic E-state index is 15.3. The molecule has 5 aromatic rings.